The van der Waals surface area contributed by atoms with Crippen LogP contribution in [0.25, 0.3) is 11.0 Å². The van der Waals surface area contributed by atoms with E-state index in [4.69, 9.17) is 17.3 Å². The number of aryl methyl sites for hydroxylation is 1. The molecule has 3 aromatic rings. The molecule has 3 aromatic heterocycles. The number of halogens is 1. The van der Waals surface area contributed by atoms with Gasteiger partial charge in [-0.2, -0.15) is 0 Å². The third-order valence-electron chi connectivity index (χ3n) is 3.62. The maximum atomic E-state index is 6.44. The van der Waals surface area contributed by atoms with E-state index in [1.165, 1.54) is 0 Å². The molecule has 0 unspecified atom stereocenters. The van der Waals surface area contributed by atoms with Gasteiger partial charge in [0.05, 0.1) is 22.6 Å². The predicted molar refractivity (Wildman–Crippen MR) is 100 cm³/mol. The molecule has 0 spiro atoms. The standard InChI is InChI=1S/C16H18ClN5.C2H6/c1-9(2)14-13-12(17)8-22(16(13)21-10(3)20-14)7-11-5-4-6-19-15(11)18;1-2/h4-6,8-9H,7H2,1-3H3,(H2,18,19);1-2H3. The first-order chi connectivity index (χ1) is 11.5. The molecule has 0 bridgehead atoms. The Bertz CT molecular complexity index is 839. The molecule has 0 saturated carbocycles. The van der Waals surface area contributed by atoms with E-state index in [9.17, 15) is 0 Å². The lowest BCUT2D eigenvalue weighted by Gasteiger charge is -2.10. The minimum atomic E-state index is 0.279. The normalized spacial score (nSPS) is 10.8. The number of anilines is 1. The van der Waals surface area contributed by atoms with Crippen LogP contribution < -0.4 is 5.73 Å². The van der Waals surface area contributed by atoms with Crippen molar-refractivity contribution < 1.29 is 0 Å². The molecular formula is C18H24ClN5. The summed E-state index contributed by atoms with van der Waals surface area (Å²) in [5.74, 6) is 1.54. The van der Waals surface area contributed by atoms with Crippen LogP contribution in [0.15, 0.2) is 24.5 Å². The fourth-order valence-electron chi connectivity index (χ4n) is 2.58. The molecule has 0 aliphatic carbocycles. The maximum Gasteiger partial charge on any atom is 0.145 e. The lowest BCUT2D eigenvalue weighted by Crippen LogP contribution is -2.06. The lowest BCUT2D eigenvalue weighted by molar-refractivity contribution is 0.796. The Morgan fingerprint density at radius 3 is 2.58 bits per heavy atom. The van der Waals surface area contributed by atoms with Gasteiger partial charge in [-0.3, -0.25) is 0 Å². The zero-order valence-electron chi connectivity index (χ0n) is 14.8. The molecule has 0 amide bonds. The van der Waals surface area contributed by atoms with Crippen molar-refractivity contribution in [3.05, 3.63) is 46.6 Å². The number of nitrogen functional groups attached to an aromatic ring is 1. The van der Waals surface area contributed by atoms with E-state index in [2.05, 4.69) is 28.8 Å². The monoisotopic (exact) mass is 345 g/mol. The summed E-state index contributed by atoms with van der Waals surface area (Å²) in [6, 6.07) is 3.83. The predicted octanol–water partition coefficient (Wildman–Crippen LogP) is 4.57. The fraction of sp³-hybridized carbons (Fsp3) is 0.389. The molecule has 6 heteroatoms. The summed E-state index contributed by atoms with van der Waals surface area (Å²) in [5, 5.41) is 1.59. The fourth-order valence-corrected chi connectivity index (χ4v) is 2.88. The Hall–Kier alpha value is -2.14. The van der Waals surface area contributed by atoms with Gasteiger partial charge in [0.1, 0.15) is 17.3 Å². The van der Waals surface area contributed by atoms with Gasteiger partial charge in [-0.15, -0.1) is 0 Å². The molecule has 0 fully saturated rings. The molecule has 128 valence electrons. The molecule has 3 heterocycles. The minimum Gasteiger partial charge on any atom is -0.383 e. The highest BCUT2D eigenvalue weighted by Crippen LogP contribution is 2.31. The van der Waals surface area contributed by atoms with Crippen molar-refractivity contribution in [1.29, 1.82) is 0 Å². The van der Waals surface area contributed by atoms with Crippen LogP contribution in [0.2, 0.25) is 5.02 Å². The number of rotatable bonds is 3. The third-order valence-corrected chi connectivity index (χ3v) is 3.91. The van der Waals surface area contributed by atoms with Crippen molar-refractivity contribution in [2.75, 3.05) is 5.73 Å². The largest absolute Gasteiger partial charge is 0.383 e. The number of fused-ring (bicyclic) bond motifs is 1. The quantitative estimate of drug-likeness (QED) is 0.755. The topological polar surface area (TPSA) is 69.6 Å². The molecule has 0 aromatic carbocycles. The van der Waals surface area contributed by atoms with E-state index in [-0.39, 0.29) is 5.92 Å². The number of hydrogen-bond acceptors (Lipinski definition) is 4. The molecule has 0 aliphatic rings. The third kappa shape index (κ3) is 3.51. The maximum absolute atomic E-state index is 6.44. The van der Waals surface area contributed by atoms with Crippen LogP contribution in [0.3, 0.4) is 0 Å². The van der Waals surface area contributed by atoms with Crippen molar-refractivity contribution in [3.8, 4) is 0 Å². The number of hydrogen-bond donors (Lipinski definition) is 1. The summed E-state index contributed by atoms with van der Waals surface area (Å²) in [7, 11) is 0. The molecule has 0 radical (unpaired) electrons. The van der Waals surface area contributed by atoms with Crippen molar-refractivity contribution in [1.82, 2.24) is 19.5 Å². The lowest BCUT2D eigenvalue weighted by atomic mass is 10.1. The molecule has 0 aliphatic heterocycles. The Kier molecular flexibility index (Phi) is 5.78. The van der Waals surface area contributed by atoms with E-state index < -0.39 is 0 Å². The van der Waals surface area contributed by atoms with E-state index in [0.29, 0.717) is 17.4 Å². The van der Waals surface area contributed by atoms with E-state index in [1.807, 2.05) is 43.7 Å². The van der Waals surface area contributed by atoms with Gasteiger partial charge in [0.15, 0.2) is 0 Å². The minimum absolute atomic E-state index is 0.279. The van der Waals surface area contributed by atoms with Crippen molar-refractivity contribution in [2.24, 2.45) is 0 Å². The Morgan fingerprint density at radius 1 is 1.25 bits per heavy atom. The van der Waals surface area contributed by atoms with E-state index >= 15 is 0 Å². The highest BCUT2D eigenvalue weighted by molar-refractivity contribution is 6.35. The van der Waals surface area contributed by atoms with Gasteiger partial charge in [0.2, 0.25) is 0 Å². The van der Waals surface area contributed by atoms with Gasteiger partial charge < -0.3 is 10.3 Å². The van der Waals surface area contributed by atoms with Gasteiger partial charge in [-0.25, -0.2) is 15.0 Å². The Balaban J connectivity index is 0.00000100. The molecular weight excluding hydrogens is 322 g/mol. The van der Waals surface area contributed by atoms with E-state index in [0.717, 1.165) is 28.1 Å². The number of nitrogens with two attached hydrogens (primary N) is 1. The molecule has 0 saturated heterocycles. The Morgan fingerprint density at radius 2 is 1.96 bits per heavy atom. The molecule has 24 heavy (non-hydrogen) atoms. The summed E-state index contributed by atoms with van der Waals surface area (Å²) in [5.41, 5.74) is 8.69. The number of nitrogens with zero attached hydrogens (tertiary/aromatic N) is 4. The van der Waals surface area contributed by atoms with Crippen LogP contribution in [0.1, 0.15) is 50.7 Å². The summed E-state index contributed by atoms with van der Waals surface area (Å²) in [6.07, 6.45) is 3.57. The van der Waals surface area contributed by atoms with E-state index in [1.54, 1.807) is 6.20 Å². The second-order valence-electron chi connectivity index (χ2n) is 5.66. The zero-order chi connectivity index (χ0) is 17.9. The smallest absolute Gasteiger partial charge is 0.145 e. The van der Waals surface area contributed by atoms with Crippen LogP contribution in [-0.2, 0) is 6.54 Å². The highest BCUT2D eigenvalue weighted by atomic mass is 35.5. The molecule has 3 rings (SSSR count). The summed E-state index contributed by atoms with van der Waals surface area (Å²) >= 11 is 6.44. The second-order valence-corrected chi connectivity index (χ2v) is 6.07. The SMILES string of the molecule is CC.Cc1nc(C(C)C)c2c(Cl)cn(Cc3cccnc3N)c2n1. The number of aromatic nitrogens is 4. The highest BCUT2D eigenvalue weighted by Gasteiger charge is 2.17. The van der Waals surface area contributed by atoms with Gasteiger partial charge in [0, 0.05) is 18.0 Å². The summed E-state index contributed by atoms with van der Waals surface area (Å²) in [6.45, 7) is 10.7. The Labute approximate surface area is 147 Å². The first kappa shape index (κ1) is 18.2. The van der Waals surface area contributed by atoms with Crippen molar-refractivity contribution >= 4 is 28.5 Å². The first-order valence-electron chi connectivity index (χ1n) is 8.19. The van der Waals surface area contributed by atoms with Crippen molar-refractivity contribution in [3.63, 3.8) is 0 Å². The van der Waals surface area contributed by atoms with Crippen LogP contribution in [-0.4, -0.2) is 19.5 Å². The first-order valence-corrected chi connectivity index (χ1v) is 8.57. The van der Waals surface area contributed by atoms with Gasteiger partial charge in [-0.1, -0.05) is 45.4 Å². The van der Waals surface area contributed by atoms with Crippen LogP contribution in [0.5, 0.6) is 0 Å². The van der Waals surface area contributed by atoms with Gasteiger partial charge in [0.25, 0.3) is 0 Å². The summed E-state index contributed by atoms with van der Waals surface area (Å²) < 4.78 is 2.01. The van der Waals surface area contributed by atoms with Crippen LogP contribution in [0.4, 0.5) is 5.82 Å². The average molecular weight is 346 g/mol. The van der Waals surface area contributed by atoms with Crippen LogP contribution >= 0.6 is 11.6 Å². The van der Waals surface area contributed by atoms with Gasteiger partial charge in [-0.05, 0) is 18.9 Å². The van der Waals surface area contributed by atoms with Crippen LogP contribution in [0, 0.1) is 6.92 Å². The molecule has 0 atom stereocenters. The summed E-state index contributed by atoms with van der Waals surface area (Å²) in [4.78, 5) is 13.2. The van der Waals surface area contributed by atoms with Gasteiger partial charge >= 0.3 is 0 Å². The number of pyridine rings is 1. The second kappa shape index (κ2) is 7.62. The van der Waals surface area contributed by atoms with Crippen molar-refractivity contribution in [2.45, 2.75) is 47.1 Å². The zero-order valence-corrected chi connectivity index (χ0v) is 15.6. The molecule has 5 nitrogen and oxygen atoms in total. The average Bonchev–Trinajstić information content (AvgIpc) is 2.86. The molecule has 2 N–H and O–H groups in total.